The van der Waals surface area contributed by atoms with Crippen molar-refractivity contribution in [1.29, 1.82) is 0 Å². The van der Waals surface area contributed by atoms with Crippen LogP contribution in [0.25, 0.3) is 0 Å². The zero-order chi connectivity index (χ0) is 12.6. The van der Waals surface area contributed by atoms with Crippen LogP contribution >= 0.6 is 19.9 Å². The topological polar surface area (TPSA) is 0 Å². The first kappa shape index (κ1) is 14.9. The molecule has 0 saturated carbocycles. The van der Waals surface area contributed by atoms with Crippen LogP contribution < -0.4 is 0 Å². The summed E-state index contributed by atoms with van der Waals surface area (Å²) in [6.45, 7) is 4.50. The minimum absolute atomic E-state index is 0.944. The zero-order valence-electron chi connectivity index (χ0n) is 11.1. The van der Waals surface area contributed by atoms with Crippen LogP contribution in [0.15, 0.2) is 30.3 Å². The monoisotopic (exact) mass is 272 g/mol. The average Bonchev–Trinajstić information content (AvgIpc) is 2.35. The van der Waals surface area contributed by atoms with Gasteiger partial charge >= 0.3 is 0 Å². The third kappa shape index (κ3) is 5.83. The standard InChI is InChI=1S/C15H25ClS/c1-3-5-12-17(16,13-6-4-2)14-15-10-8-7-9-11-15/h7-11H,3-6,12-14H2,1-2H3. The highest BCUT2D eigenvalue weighted by molar-refractivity contribution is 8.50. The molecule has 1 aromatic carbocycles. The molecule has 0 unspecified atom stereocenters. The highest BCUT2D eigenvalue weighted by Crippen LogP contribution is 2.57. The Morgan fingerprint density at radius 1 is 0.941 bits per heavy atom. The summed E-state index contributed by atoms with van der Waals surface area (Å²) in [5.74, 6) is 3.54. The molecule has 0 aliphatic heterocycles. The van der Waals surface area contributed by atoms with Gasteiger partial charge in [0.25, 0.3) is 0 Å². The molecule has 0 fully saturated rings. The van der Waals surface area contributed by atoms with Gasteiger partial charge in [-0.25, -0.2) is 0 Å². The van der Waals surface area contributed by atoms with Gasteiger partial charge in [-0.2, -0.15) is 9.24 Å². The lowest BCUT2D eigenvalue weighted by atomic mass is 10.2. The Morgan fingerprint density at radius 2 is 1.47 bits per heavy atom. The Morgan fingerprint density at radius 3 is 1.94 bits per heavy atom. The SMILES string of the molecule is CCCCS(Cl)(CCCC)Cc1ccccc1. The van der Waals surface area contributed by atoms with Crippen molar-refractivity contribution >= 4 is 19.9 Å². The van der Waals surface area contributed by atoms with Gasteiger partial charge in [0.2, 0.25) is 0 Å². The zero-order valence-corrected chi connectivity index (χ0v) is 12.7. The van der Waals surface area contributed by atoms with E-state index in [1.54, 1.807) is 0 Å². The minimum Gasteiger partial charge on any atom is -0.159 e. The van der Waals surface area contributed by atoms with E-state index < -0.39 is 9.24 Å². The van der Waals surface area contributed by atoms with Gasteiger partial charge in [-0.1, -0.05) is 67.7 Å². The van der Waals surface area contributed by atoms with Crippen molar-refractivity contribution in [3.63, 3.8) is 0 Å². The largest absolute Gasteiger partial charge is 0.159 e. The normalized spacial score (nSPS) is 12.6. The quantitative estimate of drug-likeness (QED) is 0.566. The van der Waals surface area contributed by atoms with Crippen LogP contribution in [0.1, 0.15) is 45.1 Å². The maximum Gasteiger partial charge on any atom is 0.0151 e. The van der Waals surface area contributed by atoms with Crippen LogP contribution in [0.3, 0.4) is 0 Å². The predicted molar refractivity (Wildman–Crippen MR) is 83.1 cm³/mol. The summed E-state index contributed by atoms with van der Waals surface area (Å²) in [5.41, 5.74) is 1.41. The van der Waals surface area contributed by atoms with Gasteiger partial charge in [0.1, 0.15) is 0 Å². The van der Waals surface area contributed by atoms with E-state index in [9.17, 15) is 0 Å². The lowest BCUT2D eigenvalue weighted by molar-refractivity contribution is 0.870. The summed E-state index contributed by atoms with van der Waals surface area (Å²) >= 11 is 0. The van der Waals surface area contributed by atoms with Gasteiger partial charge < -0.3 is 0 Å². The molecule has 1 rings (SSSR count). The number of halogens is 1. The minimum atomic E-state index is -0.944. The van der Waals surface area contributed by atoms with E-state index >= 15 is 0 Å². The van der Waals surface area contributed by atoms with Crippen LogP contribution in [0.5, 0.6) is 0 Å². The third-order valence-electron chi connectivity index (χ3n) is 3.00. The lowest BCUT2D eigenvalue weighted by Crippen LogP contribution is -2.06. The van der Waals surface area contributed by atoms with Crippen LogP contribution in [0, 0.1) is 0 Å². The molecule has 0 aliphatic rings. The maximum absolute atomic E-state index is 6.91. The molecule has 0 amide bonds. The number of hydrogen-bond donors (Lipinski definition) is 0. The fourth-order valence-corrected chi connectivity index (χ4v) is 5.85. The van der Waals surface area contributed by atoms with E-state index in [1.165, 1.54) is 42.8 Å². The maximum atomic E-state index is 6.91. The van der Waals surface area contributed by atoms with Crippen molar-refractivity contribution in [3.05, 3.63) is 35.9 Å². The number of hydrogen-bond acceptors (Lipinski definition) is 0. The Balaban J connectivity index is 2.61. The van der Waals surface area contributed by atoms with E-state index in [0.29, 0.717) is 0 Å². The summed E-state index contributed by atoms with van der Waals surface area (Å²) in [6, 6.07) is 10.7. The first-order valence-corrected chi connectivity index (χ1v) is 9.67. The van der Waals surface area contributed by atoms with Crippen molar-refractivity contribution in [2.45, 2.75) is 45.3 Å². The second-order valence-corrected chi connectivity index (χ2v) is 9.63. The van der Waals surface area contributed by atoms with Crippen molar-refractivity contribution in [2.75, 3.05) is 11.5 Å². The van der Waals surface area contributed by atoms with Crippen LogP contribution in [-0.2, 0) is 5.75 Å². The van der Waals surface area contributed by atoms with Gasteiger partial charge in [-0.3, -0.25) is 0 Å². The summed E-state index contributed by atoms with van der Waals surface area (Å²) in [7, 11) is 5.97. The number of unbranched alkanes of at least 4 members (excludes halogenated alkanes) is 2. The second kappa shape index (κ2) is 8.05. The molecule has 0 heterocycles. The van der Waals surface area contributed by atoms with Crippen molar-refractivity contribution in [1.82, 2.24) is 0 Å². The summed E-state index contributed by atoms with van der Waals surface area (Å²) < 4.78 is 0. The van der Waals surface area contributed by atoms with Gasteiger partial charge in [0, 0.05) is 5.75 Å². The molecule has 98 valence electrons. The summed E-state index contributed by atoms with van der Waals surface area (Å²) in [4.78, 5) is 0. The Kier molecular flexibility index (Phi) is 7.06. The second-order valence-electron chi connectivity index (χ2n) is 4.68. The van der Waals surface area contributed by atoms with Crippen molar-refractivity contribution in [2.24, 2.45) is 0 Å². The molecule has 0 saturated heterocycles. The Labute approximate surface area is 113 Å². The fraction of sp³-hybridized carbons (Fsp3) is 0.600. The van der Waals surface area contributed by atoms with E-state index in [4.69, 9.17) is 10.7 Å². The number of rotatable bonds is 8. The van der Waals surface area contributed by atoms with Crippen LogP contribution in [-0.4, -0.2) is 11.5 Å². The molecule has 0 N–H and O–H groups in total. The molecule has 0 atom stereocenters. The van der Waals surface area contributed by atoms with Gasteiger partial charge in [0.05, 0.1) is 0 Å². The fourth-order valence-electron chi connectivity index (χ4n) is 1.93. The molecule has 1 aromatic rings. The van der Waals surface area contributed by atoms with E-state index in [2.05, 4.69) is 44.2 Å². The van der Waals surface area contributed by atoms with E-state index in [-0.39, 0.29) is 0 Å². The highest BCUT2D eigenvalue weighted by atomic mass is 35.7. The molecule has 0 aromatic heterocycles. The molecule has 2 heteroatoms. The highest BCUT2D eigenvalue weighted by Gasteiger charge is 2.20. The molecule has 0 spiro atoms. The average molecular weight is 273 g/mol. The lowest BCUT2D eigenvalue weighted by Gasteiger charge is -2.33. The number of benzene rings is 1. The third-order valence-corrected chi connectivity index (χ3v) is 7.14. The van der Waals surface area contributed by atoms with Crippen LogP contribution in [0.2, 0.25) is 0 Å². The van der Waals surface area contributed by atoms with Gasteiger partial charge in [-0.05, 0) is 29.9 Å². The molecule has 17 heavy (non-hydrogen) atoms. The first-order chi connectivity index (χ1) is 8.20. The molecule has 0 bridgehead atoms. The molecule has 0 nitrogen and oxygen atoms in total. The van der Waals surface area contributed by atoms with Crippen molar-refractivity contribution in [3.8, 4) is 0 Å². The van der Waals surface area contributed by atoms with Gasteiger partial charge in [-0.15, -0.1) is 0 Å². The Hall–Kier alpha value is -0.140. The predicted octanol–water partition coefficient (Wildman–Crippen LogP) is 5.75. The van der Waals surface area contributed by atoms with Gasteiger partial charge in [0.15, 0.2) is 0 Å². The molecule has 0 aliphatic carbocycles. The molecular formula is C15H25ClS. The van der Waals surface area contributed by atoms with E-state index in [1.807, 2.05) is 0 Å². The van der Waals surface area contributed by atoms with Crippen molar-refractivity contribution < 1.29 is 0 Å². The molecule has 0 radical (unpaired) electrons. The summed E-state index contributed by atoms with van der Waals surface area (Å²) in [6.07, 6.45) is 5.05. The Bertz CT molecular complexity index is 289. The first-order valence-electron chi connectivity index (χ1n) is 6.70. The van der Waals surface area contributed by atoms with E-state index in [0.717, 1.165) is 5.75 Å². The van der Waals surface area contributed by atoms with Crippen LogP contribution in [0.4, 0.5) is 0 Å². The summed E-state index contributed by atoms with van der Waals surface area (Å²) in [5, 5.41) is 0. The molecular weight excluding hydrogens is 248 g/mol. The smallest absolute Gasteiger partial charge is 0.0151 e.